The van der Waals surface area contributed by atoms with Crippen LogP contribution >= 0.6 is 11.3 Å². The van der Waals surface area contributed by atoms with Gasteiger partial charge in [-0.1, -0.05) is 45.0 Å². The minimum Gasteiger partial charge on any atom is -0.384 e. The first-order valence-electron chi connectivity index (χ1n) is 6.77. The molecule has 0 aliphatic carbocycles. The summed E-state index contributed by atoms with van der Waals surface area (Å²) < 4.78 is 0. The molecule has 0 bridgehead atoms. The van der Waals surface area contributed by atoms with Crippen LogP contribution < -0.4 is 0 Å². The zero-order chi connectivity index (χ0) is 14.0. The van der Waals surface area contributed by atoms with Crippen LogP contribution in [0.5, 0.6) is 0 Å². The molecule has 0 spiro atoms. The Bertz CT molecular complexity index is 537. The molecule has 1 N–H and O–H groups in total. The Hall–Kier alpha value is -1.12. The molecule has 2 rings (SSSR count). The van der Waals surface area contributed by atoms with Crippen LogP contribution in [0, 0.1) is 6.92 Å². The zero-order valence-corrected chi connectivity index (χ0v) is 12.9. The predicted octanol–water partition coefficient (Wildman–Crippen LogP) is 4.83. The summed E-state index contributed by atoms with van der Waals surface area (Å²) >= 11 is 1.64. The van der Waals surface area contributed by atoms with Crippen LogP contribution in [0.3, 0.4) is 0 Å². The van der Waals surface area contributed by atoms with Crippen LogP contribution in [0.25, 0.3) is 0 Å². The lowest BCUT2D eigenvalue weighted by Crippen LogP contribution is -2.15. The topological polar surface area (TPSA) is 20.2 Å². The van der Waals surface area contributed by atoms with Crippen LogP contribution in [0.4, 0.5) is 0 Å². The first-order chi connectivity index (χ1) is 8.95. The van der Waals surface area contributed by atoms with Gasteiger partial charge in [0.1, 0.15) is 6.10 Å². The van der Waals surface area contributed by atoms with Gasteiger partial charge in [0.05, 0.1) is 0 Å². The lowest BCUT2D eigenvalue weighted by Gasteiger charge is -2.24. The van der Waals surface area contributed by atoms with Gasteiger partial charge in [0.15, 0.2) is 0 Å². The number of aliphatic hydroxyl groups is 1. The maximum Gasteiger partial charge on any atom is 0.105 e. The molecule has 0 saturated heterocycles. The van der Waals surface area contributed by atoms with Gasteiger partial charge >= 0.3 is 0 Å². The fourth-order valence-electron chi connectivity index (χ4n) is 2.15. The lowest BCUT2D eigenvalue weighted by atomic mass is 9.81. The van der Waals surface area contributed by atoms with E-state index in [0.717, 1.165) is 23.1 Å². The molecular formula is C17H22OS. The fourth-order valence-corrected chi connectivity index (χ4v) is 3.02. The Kier molecular flexibility index (Phi) is 4.12. The van der Waals surface area contributed by atoms with Crippen LogP contribution in [-0.2, 0) is 5.41 Å². The number of aryl methyl sites for hydroxylation is 1. The van der Waals surface area contributed by atoms with E-state index in [9.17, 15) is 5.11 Å². The SMILES string of the molecule is CCC(C)(C)c1ccc(C(O)c2cscc2C)cc1. The zero-order valence-electron chi connectivity index (χ0n) is 12.1. The monoisotopic (exact) mass is 274 g/mol. The van der Waals surface area contributed by atoms with Gasteiger partial charge in [-0.2, -0.15) is 11.3 Å². The summed E-state index contributed by atoms with van der Waals surface area (Å²) in [4.78, 5) is 0. The molecule has 1 atom stereocenters. The van der Waals surface area contributed by atoms with E-state index in [1.54, 1.807) is 11.3 Å². The molecule has 0 aliphatic rings. The van der Waals surface area contributed by atoms with Crippen LogP contribution in [0.2, 0.25) is 0 Å². The van der Waals surface area contributed by atoms with Gasteiger partial charge in [0.25, 0.3) is 0 Å². The summed E-state index contributed by atoms with van der Waals surface area (Å²) in [6.07, 6.45) is 0.600. The van der Waals surface area contributed by atoms with Crippen molar-refractivity contribution in [2.75, 3.05) is 0 Å². The molecule has 0 amide bonds. The number of benzene rings is 1. The van der Waals surface area contributed by atoms with Crippen molar-refractivity contribution in [2.45, 2.75) is 45.6 Å². The highest BCUT2D eigenvalue weighted by Gasteiger charge is 2.19. The van der Waals surface area contributed by atoms with Crippen molar-refractivity contribution in [1.82, 2.24) is 0 Å². The molecule has 0 aliphatic heterocycles. The van der Waals surface area contributed by atoms with Gasteiger partial charge in [-0.15, -0.1) is 0 Å². The van der Waals surface area contributed by atoms with Gasteiger partial charge in [-0.3, -0.25) is 0 Å². The second-order valence-corrected chi connectivity index (χ2v) is 6.52. The predicted molar refractivity (Wildman–Crippen MR) is 82.9 cm³/mol. The second kappa shape index (κ2) is 5.48. The van der Waals surface area contributed by atoms with Crippen molar-refractivity contribution in [3.63, 3.8) is 0 Å². The van der Waals surface area contributed by atoms with E-state index in [0.29, 0.717) is 0 Å². The molecule has 0 saturated carbocycles. The highest BCUT2D eigenvalue weighted by Crippen LogP contribution is 2.31. The lowest BCUT2D eigenvalue weighted by molar-refractivity contribution is 0.220. The third-order valence-electron chi connectivity index (χ3n) is 4.08. The largest absolute Gasteiger partial charge is 0.384 e. The molecule has 1 nitrogen and oxygen atoms in total. The summed E-state index contributed by atoms with van der Waals surface area (Å²) in [6, 6.07) is 8.39. The Morgan fingerprint density at radius 1 is 1.16 bits per heavy atom. The van der Waals surface area contributed by atoms with E-state index in [4.69, 9.17) is 0 Å². The smallest absolute Gasteiger partial charge is 0.105 e. The van der Waals surface area contributed by atoms with Gasteiger partial charge < -0.3 is 5.11 Å². The van der Waals surface area contributed by atoms with Crippen molar-refractivity contribution >= 4 is 11.3 Å². The average Bonchev–Trinajstić information content (AvgIpc) is 2.84. The first-order valence-corrected chi connectivity index (χ1v) is 7.71. The van der Waals surface area contributed by atoms with E-state index >= 15 is 0 Å². The molecule has 1 heterocycles. The molecule has 19 heavy (non-hydrogen) atoms. The van der Waals surface area contributed by atoms with E-state index < -0.39 is 6.10 Å². The van der Waals surface area contributed by atoms with Crippen molar-refractivity contribution < 1.29 is 5.11 Å². The Morgan fingerprint density at radius 2 is 1.79 bits per heavy atom. The molecule has 0 radical (unpaired) electrons. The summed E-state index contributed by atoms with van der Waals surface area (Å²) in [5, 5.41) is 14.5. The number of thiophene rings is 1. The van der Waals surface area contributed by atoms with Gasteiger partial charge in [0, 0.05) is 0 Å². The number of hydrogen-bond donors (Lipinski definition) is 1. The standard InChI is InChI=1S/C17H22OS/c1-5-17(3,4)14-8-6-13(7-9-14)16(18)15-11-19-10-12(15)2/h6-11,16,18H,5H2,1-4H3. The van der Waals surface area contributed by atoms with Gasteiger partial charge in [-0.25, -0.2) is 0 Å². The van der Waals surface area contributed by atoms with E-state index in [2.05, 4.69) is 50.4 Å². The van der Waals surface area contributed by atoms with Crippen molar-refractivity contribution in [2.24, 2.45) is 0 Å². The third kappa shape index (κ3) is 2.90. The first kappa shape index (κ1) is 14.3. The third-order valence-corrected chi connectivity index (χ3v) is 4.96. The fraction of sp³-hybridized carbons (Fsp3) is 0.412. The highest BCUT2D eigenvalue weighted by atomic mass is 32.1. The van der Waals surface area contributed by atoms with Crippen LogP contribution in [0.15, 0.2) is 35.0 Å². The van der Waals surface area contributed by atoms with Crippen LogP contribution in [-0.4, -0.2) is 5.11 Å². The molecule has 102 valence electrons. The summed E-state index contributed by atoms with van der Waals surface area (Å²) in [6.45, 7) is 8.75. The second-order valence-electron chi connectivity index (χ2n) is 5.77. The minimum atomic E-state index is -0.509. The van der Waals surface area contributed by atoms with E-state index in [1.165, 1.54) is 5.56 Å². The summed E-state index contributed by atoms with van der Waals surface area (Å²) in [5.74, 6) is 0. The molecule has 0 fully saturated rings. The van der Waals surface area contributed by atoms with E-state index in [1.807, 2.05) is 12.3 Å². The van der Waals surface area contributed by atoms with Gasteiger partial charge in [-0.05, 0) is 51.8 Å². The summed E-state index contributed by atoms with van der Waals surface area (Å²) in [5.41, 5.74) is 4.68. The van der Waals surface area contributed by atoms with E-state index in [-0.39, 0.29) is 5.41 Å². The molecule has 1 unspecified atom stereocenters. The molecule has 1 aromatic carbocycles. The minimum absolute atomic E-state index is 0.196. The number of hydrogen-bond acceptors (Lipinski definition) is 2. The van der Waals surface area contributed by atoms with Crippen LogP contribution in [0.1, 0.15) is 55.5 Å². The number of aliphatic hydroxyl groups excluding tert-OH is 1. The Labute approximate surface area is 119 Å². The Balaban J connectivity index is 2.26. The van der Waals surface area contributed by atoms with Gasteiger partial charge in [0.2, 0.25) is 0 Å². The average molecular weight is 274 g/mol. The molecule has 2 aromatic rings. The van der Waals surface area contributed by atoms with Crippen molar-refractivity contribution in [3.8, 4) is 0 Å². The quantitative estimate of drug-likeness (QED) is 0.847. The maximum absolute atomic E-state index is 10.4. The Morgan fingerprint density at radius 3 is 2.26 bits per heavy atom. The normalized spacial score (nSPS) is 13.5. The summed E-state index contributed by atoms with van der Waals surface area (Å²) in [7, 11) is 0. The molecule has 2 heteroatoms. The molecular weight excluding hydrogens is 252 g/mol. The highest BCUT2D eigenvalue weighted by molar-refractivity contribution is 7.08. The van der Waals surface area contributed by atoms with Crippen molar-refractivity contribution in [3.05, 3.63) is 57.3 Å². The van der Waals surface area contributed by atoms with Crippen molar-refractivity contribution in [1.29, 1.82) is 0 Å². The maximum atomic E-state index is 10.4. The molecule has 1 aromatic heterocycles. The number of rotatable bonds is 4.